The fourth-order valence-electron chi connectivity index (χ4n) is 1.89. The Morgan fingerprint density at radius 1 is 1.32 bits per heavy atom. The van der Waals surface area contributed by atoms with E-state index in [2.05, 4.69) is 0 Å². The molecule has 5 heteroatoms. The number of halogens is 1. The Hall–Kier alpha value is -0.580. The Balaban J connectivity index is 3.40. The van der Waals surface area contributed by atoms with E-state index in [1.807, 2.05) is 33.8 Å². The van der Waals surface area contributed by atoms with Crippen LogP contribution in [0.4, 0.5) is 0 Å². The smallest absolute Gasteiger partial charge is 0.207 e. The van der Waals surface area contributed by atoms with Crippen LogP contribution in [-0.2, 0) is 15.9 Å². The van der Waals surface area contributed by atoms with E-state index in [1.54, 1.807) is 13.1 Å². The minimum Gasteiger partial charge on any atom is -0.207 e. The van der Waals surface area contributed by atoms with Crippen molar-refractivity contribution >= 4 is 21.6 Å². The molecule has 1 aromatic rings. The Morgan fingerprint density at radius 3 is 2.37 bits per heavy atom. The van der Waals surface area contributed by atoms with Gasteiger partial charge in [-0.15, -0.1) is 11.6 Å². The molecule has 0 aliphatic rings. The van der Waals surface area contributed by atoms with Crippen LogP contribution in [0.1, 0.15) is 37.0 Å². The van der Waals surface area contributed by atoms with E-state index in [4.69, 9.17) is 11.6 Å². The van der Waals surface area contributed by atoms with E-state index in [0.717, 1.165) is 23.1 Å². The van der Waals surface area contributed by atoms with E-state index in [0.29, 0.717) is 10.8 Å². The van der Waals surface area contributed by atoms with E-state index in [-0.39, 0.29) is 6.04 Å². The van der Waals surface area contributed by atoms with Gasteiger partial charge < -0.3 is 0 Å². The predicted molar refractivity (Wildman–Crippen MR) is 80.2 cm³/mol. The Kier molecular flexibility index (Phi) is 5.42. The van der Waals surface area contributed by atoms with Crippen LogP contribution in [0.2, 0.25) is 0 Å². The molecule has 0 heterocycles. The third kappa shape index (κ3) is 3.30. The zero-order chi connectivity index (χ0) is 14.8. The zero-order valence-corrected chi connectivity index (χ0v) is 13.8. The number of rotatable bonds is 5. The first-order valence-corrected chi connectivity index (χ1v) is 8.37. The number of alkyl halides is 1. The molecule has 0 aliphatic carbocycles. The Labute approximate surface area is 121 Å². The summed E-state index contributed by atoms with van der Waals surface area (Å²) in [6, 6.07) is 3.60. The van der Waals surface area contributed by atoms with Crippen molar-refractivity contribution in [1.82, 2.24) is 4.31 Å². The molecule has 0 bridgehead atoms. The molecule has 1 aromatic carbocycles. The Morgan fingerprint density at radius 2 is 1.89 bits per heavy atom. The van der Waals surface area contributed by atoms with Crippen LogP contribution in [0.3, 0.4) is 0 Å². The van der Waals surface area contributed by atoms with Crippen LogP contribution >= 0.6 is 11.6 Å². The molecule has 1 unspecified atom stereocenters. The second kappa shape index (κ2) is 6.25. The highest BCUT2D eigenvalue weighted by Gasteiger charge is 2.26. The molecule has 0 aromatic heterocycles. The van der Waals surface area contributed by atoms with Crippen LogP contribution in [0.25, 0.3) is 0 Å². The van der Waals surface area contributed by atoms with Gasteiger partial charge in [-0.05, 0) is 49.9 Å². The van der Waals surface area contributed by atoms with Gasteiger partial charge in [-0.25, -0.2) is 8.42 Å². The molecule has 0 aliphatic heterocycles. The van der Waals surface area contributed by atoms with Crippen molar-refractivity contribution < 1.29 is 8.42 Å². The monoisotopic (exact) mass is 303 g/mol. The molecule has 0 amide bonds. The number of aryl methyl sites for hydroxylation is 1. The van der Waals surface area contributed by atoms with Crippen molar-refractivity contribution in [2.45, 2.75) is 50.9 Å². The first kappa shape index (κ1) is 16.5. The molecule has 1 rings (SSSR count). The maximum absolute atomic E-state index is 12.7. The van der Waals surface area contributed by atoms with E-state index >= 15 is 0 Å². The molecule has 0 fully saturated rings. The first-order chi connectivity index (χ1) is 8.75. The molecule has 0 saturated heterocycles. The second-order valence-electron chi connectivity index (χ2n) is 4.95. The maximum atomic E-state index is 12.7. The molecule has 0 saturated carbocycles. The van der Waals surface area contributed by atoms with Gasteiger partial charge in [0.15, 0.2) is 0 Å². The van der Waals surface area contributed by atoms with E-state index in [1.165, 1.54) is 4.31 Å². The number of benzene rings is 1. The summed E-state index contributed by atoms with van der Waals surface area (Å²) >= 11 is 5.83. The van der Waals surface area contributed by atoms with Crippen LogP contribution in [-0.4, -0.2) is 25.8 Å². The molecule has 0 N–H and O–H groups in total. The van der Waals surface area contributed by atoms with Gasteiger partial charge in [0.2, 0.25) is 10.0 Å². The van der Waals surface area contributed by atoms with Gasteiger partial charge in [-0.1, -0.05) is 13.0 Å². The number of nitrogens with zero attached hydrogens (tertiary/aromatic N) is 1. The lowest BCUT2D eigenvalue weighted by molar-refractivity contribution is 0.380. The average Bonchev–Trinajstić information content (AvgIpc) is 2.39. The molecule has 1 atom stereocenters. The summed E-state index contributed by atoms with van der Waals surface area (Å²) in [5, 5.41) is 0. The third-order valence-electron chi connectivity index (χ3n) is 3.70. The quantitative estimate of drug-likeness (QED) is 0.781. The lowest BCUT2D eigenvalue weighted by atomic mass is 10.1. The fourth-order valence-corrected chi connectivity index (χ4v) is 3.83. The molecular formula is C14H22ClNO2S. The van der Waals surface area contributed by atoms with Crippen LogP contribution in [0, 0.1) is 13.8 Å². The predicted octanol–water partition coefficient (Wildman–Crippen LogP) is 3.46. The number of hydrogen-bond acceptors (Lipinski definition) is 2. The van der Waals surface area contributed by atoms with Crippen LogP contribution in [0.5, 0.6) is 0 Å². The largest absolute Gasteiger partial charge is 0.243 e. The van der Waals surface area contributed by atoms with Gasteiger partial charge >= 0.3 is 0 Å². The summed E-state index contributed by atoms with van der Waals surface area (Å²) in [6.45, 7) is 7.63. The SMILES string of the molecule is CCC(C)N(C)S(=O)(=O)c1cc(CCl)cc(C)c1C. The van der Waals surface area contributed by atoms with Gasteiger partial charge in [-0.2, -0.15) is 4.31 Å². The minimum absolute atomic E-state index is 0.0237. The topological polar surface area (TPSA) is 37.4 Å². The Bertz CT molecular complexity index is 555. The first-order valence-electron chi connectivity index (χ1n) is 6.39. The normalized spacial score (nSPS) is 13.8. The standard InChI is InChI=1S/C14H22ClNO2S/c1-6-11(3)16(5)19(17,18)14-8-13(9-15)7-10(2)12(14)4/h7-8,11H,6,9H2,1-5H3. The summed E-state index contributed by atoms with van der Waals surface area (Å²) in [5.41, 5.74) is 2.58. The van der Waals surface area contributed by atoms with E-state index in [9.17, 15) is 8.42 Å². The highest BCUT2D eigenvalue weighted by molar-refractivity contribution is 7.89. The lowest BCUT2D eigenvalue weighted by Crippen LogP contribution is -2.35. The molecule has 0 radical (unpaired) electrons. The third-order valence-corrected chi connectivity index (χ3v) is 6.11. The van der Waals surface area contributed by atoms with Gasteiger partial charge in [0.05, 0.1) is 4.90 Å². The van der Waals surface area contributed by atoms with Gasteiger partial charge in [0.25, 0.3) is 0 Å². The van der Waals surface area contributed by atoms with Crippen molar-refractivity contribution in [3.8, 4) is 0 Å². The maximum Gasteiger partial charge on any atom is 0.243 e. The summed E-state index contributed by atoms with van der Waals surface area (Å²) in [6.07, 6.45) is 0.781. The fraction of sp³-hybridized carbons (Fsp3) is 0.571. The average molecular weight is 304 g/mol. The number of hydrogen-bond donors (Lipinski definition) is 0. The molecule has 0 spiro atoms. The van der Waals surface area contributed by atoms with Crippen LogP contribution in [0.15, 0.2) is 17.0 Å². The van der Waals surface area contributed by atoms with Crippen molar-refractivity contribution in [2.75, 3.05) is 7.05 Å². The van der Waals surface area contributed by atoms with Crippen molar-refractivity contribution in [3.63, 3.8) is 0 Å². The van der Waals surface area contributed by atoms with Crippen molar-refractivity contribution in [3.05, 3.63) is 28.8 Å². The minimum atomic E-state index is -3.46. The molecule has 3 nitrogen and oxygen atoms in total. The summed E-state index contributed by atoms with van der Waals surface area (Å²) < 4.78 is 26.8. The molecule has 19 heavy (non-hydrogen) atoms. The number of sulfonamides is 1. The van der Waals surface area contributed by atoms with Gasteiger partial charge in [0, 0.05) is 19.0 Å². The lowest BCUT2D eigenvalue weighted by Gasteiger charge is -2.24. The van der Waals surface area contributed by atoms with E-state index < -0.39 is 10.0 Å². The van der Waals surface area contributed by atoms with Crippen molar-refractivity contribution in [1.29, 1.82) is 0 Å². The van der Waals surface area contributed by atoms with Gasteiger partial charge in [0.1, 0.15) is 0 Å². The van der Waals surface area contributed by atoms with Crippen molar-refractivity contribution in [2.24, 2.45) is 0 Å². The highest BCUT2D eigenvalue weighted by Crippen LogP contribution is 2.26. The molecular weight excluding hydrogens is 282 g/mol. The summed E-state index contributed by atoms with van der Waals surface area (Å²) in [5.74, 6) is 0.316. The van der Waals surface area contributed by atoms with Gasteiger partial charge in [-0.3, -0.25) is 0 Å². The highest BCUT2D eigenvalue weighted by atomic mass is 35.5. The zero-order valence-electron chi connectivity index (χ0n) is 12.2. The van der Waals surface area contributed by atoms with Crippen LogP contribution < -0.4 is 0 Å². The molecule has 108 valence electrons. The second-order valence-corrected chi connectivity index (χ2v) is 7.18. The summed E-state index contributed by atoms with van der Waals surface area (Å²) in [7, 11) is -1.83. The summed E-state index contributed by atoms with van der Waals surface area (Å²) in [4.78, 5) is 0.367.